The van der Waals surface area contributed by atoms with Crippen LogP contribution in [0.4, 0.5) is 0 Å². The van der Waals surface area contributed by atoms with Gasteiger partial charge < -0.3 is 10.1 Å². The SMILES string of the molecule is CCC(CC)NC(=O)COc1ccc(Br)nc1. The number of hydrogen-bond acceptors (Lipinski definition) is 3. The Kier molecular flexibility index (Phi) is 5.97. The minimum atomic E-state index is -0.0957. The van der Waals surface area contributed by atoms with E-state index in [1.807, 2.05) is 13.8 Å². The van der Waals surface area contributed by atoms with Crippen LogP contribution in [-0.4, -0.2) is 23.5 Å². The summed E-state index contributed by atoms with van der Waals surface area (Å²) in [7, 11) is 0. The van der Waals surface area contributed by atoms with Crippen molar-refractivity contribution in [3.8, 4) is 5.75 Å². The minimum absolute atomic E-state index is 0.0276. The highest BCUT2D eigenvalue weighted by Gasteiger charge is 2.08. The van der Waals surface area contributed by atoms with Crippen molar-refractivity contribution in [2.24, 2.45) is 0 Å². The smallest absolute Gasteiger partial charge is 0.258 e. The fourth-order valence-corrected chi connectivity index (χ4v) is 1.59. The number of aromatic nitrogens is 1. The van der Waals surface area contributed by atoms with Gasteiger partial charge in [0.2, 0.25) is 0 Å². The number of carbonyl (C=O) groups is 1. The lowest BCUT2D eigenvalue weighted by molar-refractivity contribution is -0.123. The first-order valence-corrected chi connectivity index (χ1v) is 6.48. The summed E-state index contributed by atoms with van der Waals surface area (Å²) in [6, 6.07) is 3.77. The van der Waals surface area contributed by atoms with Crippen molar-refractivity contribution < 1.29 is 9.53 Å². The van der Waals surface area contributed by atoms with Crippen LogP contribution in [0.5, 0.6) is 5.75 Å². The first-order valence-electron chi connectivity index (χ1n) is 5.69. The Morgan fingerprint density at radius 1 is 1.47 bits per heavy atom. The van der Waals surface area contributed by atoms with E-state index >= 15 is 0 Å². The zero-order valence-corrected chi connectivity index (χ0v) is 11.7. The van der Waals surface area contributed by atoms with Crippen molar-refractivity contribution in [3.05, 3.63) is 22.9 Å². The predicted molar refractivity (Wildman–Crippen MR) is 69.9 cm³/mol. The summed E-state index contributed by atoms with van der Waals surface area (Å²) < 4.78 is 6.06. The lowest BCUT2D eigenvalue weighted by Crippen LogP contribution is -2.37. The fourth-order valence-electron chi connectivity index (χ4n) is 1.36. The Morgan fingerprint density at radius 2 is 2.18 bits per heavy atom. The van der Waals surface area contributed by atoms with E-state index in [1.54, 1.807) is 18.3 Å². The maximum absolute atomic E-state index is 11.5. The van der Waals surface area contributed by atoms with Crippen LogP contribution in [0.1, 0.15) is 26.7 Å². The van der Waals surface area contributed by atoms with Crippen LogP contribution in [0, 0.1) is 0 Å². The molecule has 17 heavy (non-hydrogen) atoms. The molecule has 0 radical (unpaired) electrons. The Hall–Kier alpha value is -1.10. The molecule has 1 aromatic heterocycles. The molecular weight excluding hydrogens is 284 g/mol. The molecule has 0 aliphatic carbocycles. The van der Waals surface area contributed by atoms with Gasteiger partial charge in [-0.05, 0) is 40.9 Å². The third-order valence-corrected chi connectivity index (χ3v) is 2.89. The number of ether oxygens (including phenoxy) is 1. The number of halogens is 1. The molecule has 0 bridgehead atoms. The van der Waals surface area contributed by atoms with Gasteiger partial charge >= 0.3 is 0 Å². The molecule has 1 aromatic rings. The first kappa shape index (κ1) is 14.0. The van der Waals surface area contributed by atoms with Crippen LogP contribution in [-0.2, 0) is 4.79 Å². The predicted octanol–water partition coefficient (Wildman–Crippen LogP) is 2.53. The van der Waals surface area contributed by atoms with E-state index in [-0.39, 0.29) is 18.6 Å². The maximum Gasteiger partial charge on any atom is 0.258 e. The molecule has 94 valence electrons. The van der Waals surface area contributed by atoms with E-state index < -0.39 is 0 Å². The van der Waals surface area contributed by atoms with E-state index in [9.17, 15) is 4.79 Å². The minimum Gasteiger partial charge on any atom is -0.482 e. The summed E-state index contributed by atoms with van der Waals surface area (Å²) in [6.07, 6.45) is 3.44. The van der Waals surface area contributed by atoms with Crippen molar-refractivity contribution in [1.82, 2.24) is 10.3 Å². The summed E-state index contributed by atoms with van der Waals surface area (Å²) in [5.41, 5.74) is 0. The molecule has 0 atom stereocenters. The highest BCUT2D eigenvalue weighted by atomic mass is 79.9. The van der Waals surface area contributed by atoms with Crippen molar-refractivity contribution in [2.75, 3.05) is 6.61 Å². The molecule has 1 rings (SSSR count). The molecule has 1 heterocycles. The lowest BCUT2D eigenvalue weighted by Gasteiger charge is -2.14. The average Bonchev–Trinajstić information content (AvgIpc) is 2.35. The molecule has 0 aliphatic rings. The molecule has 0 fully saturated rings. The van der Waals surface area contributed by atoms with Gasteiger partial charge in [-0.3, -0.25) is 4.79 Å². The van der Waals surface area contributed by atoms with Crippen LogP contribution >= 0.6 is 15.9 Å². The Bertz CT molecular complexity index is 350. The Balaban J connectivity index is 2.35. The van der Waals surface area contributed by atoms with Crippen molar-refractivity contribution in [3.63, 3.8) is 0 Å². The molecule has 0 saturated heterocycles. The highest BCUT2D eigenvalue weighted by Crippen LogP contribution is 2.12. The summed E-state index contributed by atoms with van der Waals surface area (Å²) in [4.78, 5) is 15.6. The van der Waals surface area contributed by atoms with Gasteiger partial charge in [-0.15, -0.1) is 0 Å². The van der Waals surface area contributed by atoms with Gasteiger partial charge in [-0.1, -0.05) is 13.8 Å². The number of nitrogens with zero attached hydrogens (tertiary/aromatic N) is 1. The molecule has 5 heteroatoms. The van der Waals surface area contributed by atoms with E-state index in [0.29, 0.717) is 5.75 Å². The number of amides is 1. The van der Waals surface area contributed by atoms with Gasteiger partial charge in [0.1, 0.15) is 10.4 Å². The molecule has 0 aliphatic heterocycles. The first-order chi connectivity index (χ1) is 8.15. The number of pyridine rings is 1. The quantitative estimate of drug-likeness (QED) is 0.821. The summed E-state index contributed by atoms with van der Waals surface area (Å²) in [5.74, 6) is 0.495. The average molecular weight is 301 g/mol. The van der Waals surface area contributed by atoms with Crippen LogP contribution in [0.25, 0.3) is 0 Å². The monoisotopic (exact) mass is 300 g/mol. The second kappa shape index (κ2) is 7.27. The van der Waals surface area contributed by atoms with Crippen molar-refractivity contribution in [2.45, 2.75) is 32.7 Å². The zero-order valence-electron chi connectivity index (χ0n) is 10.1. The standard InChI is InChI=1S/C12H17BrN2O2/c1-3-9(4-2)15-12(16)8-17-10-5-6-11(13)14-7-10/h5-7,9H,3-4,8H2,1-2H3,(H,15,16). The summed E-state index contributed by atoms with van der Waals surface area (Å²) in [5, 5.41) is 2.90. The number of rotatable bonds is 6. The van der Waals surface area contributed by atoms with E-state index in [4.69, 9.17) is 4.74 Å². The molecule has 0 unspecified atom stereocenters. The third-order valence-electron chi connectivity index (χ3n) is 2.42. The van der Waals surface area contributed by atoms with Crippen LogP contribution < -0.4 is 10.1 Å². The lowest BCUT2D eigenvalue weighted by atomic mass is 10.2. The van der Waals surface area contributed by atoms with Crippen LogP contribution in [0.2, 0.25) is 0 Å². The molecule has 1 amide bonds. The van der Waals surface area contributed by atoms with Gasteiger partial charge in [0.15, 0.2) is 6.61 Å². The van der Waals surface area contributed by atoms with Crippen LogP contribution in [0.3, 0.4) is 0 Å². The van der Waals surface area contributed by atoms with E-state index in [0.717, 1.165) is 17.4 Å². The summed E-state index contributed by atoms with van der Waals surface area (Å²) in [6.45, 7) is 4.13. The van der Waals surface area contributed by atoms with Gasteiger partial charge in [-0.25, -0.2) is 4.98 Å². The normalized spacial score (nSPS) is 10.4. The molecule has 0 saturated carbocycles. The molecule has 0 spiro atoms. The molecular formula is C12H17BrN2O2. The molecule has 0 aromatic carbocycles. The van der Waals surface area contributed by atoms with Crippen molar-refractivity contribution in [1.29, 1.82) is 0 Å². The topological polar surface area (TPSA) is 51.2 Å². The Labute approximate surface area is 110 Å². The number of nitrogens with one attached hydrogen (secondary N) is 1. The molecule has 1 N–H and O–H groups in total. The third kappa shape index (κ3) is 5.17. The van der Waals surface area contributed by atoms with Gasteiger partial charge in [0.25, 0.3) is 5.91 Å². The van der Waals surface area contributed by atoms with E-state index in [2.05, 4.69) is 26.2 Å². The fraction of sp³-hybridized carbons (Fsp3) is 0.500. The molecule has 4 nitrogen and oxygen atoms in total. The largest absolute Gasteiger partial charge is 0.482 e. The zero-order chi connectivity index (χ0) is 12.7. The van der Waals surface area contributed by atoms with Crippen LogP contribution in [0.15, 0.2) is 22.9 Å². The summed E-state index contributed by atoms with van der Waals surface area (Å²) >= 11 is 3.23. The van der Waals surface area contributed by atoms with Gasteiger partial charge in [-0.2, -0.15) is 0 Å². The number of carbonyl (C=O) groups excluding carboxylic acids is 1. The number of hydrogen-bond donors (Lipinski definition) is 1. The second-order valence-corrected chi connectivity index (χ2v) is 4.50. The maximum atomic E-state index is 11.5. The Morgan fingerprint density at radius 3 is 2.71 bits per heavy atom. The van der Waals surface area contributed by atoms with E-state index in [1.165, 1.54) is 0 Å². The van der Waals surface area contributed by atoms with Crippen molar-refractivity contribution >= 4 is 21.8 Å². The highest BCUT2D eigenvalue weighted by molar-refractivity contribution is 9.10. The second-order valence-electron chi connectivity index (χ2n) is 3.69. The van der Waals surface area contributed by atoms with Gasteiger partial charge in [0.05, 0.1) is 6.20 Å². The van der Waals surface area contributed by atoms with Gasteiger partial charge in [0, 0.05) is 6.04 Å².